The maximum absolute atomic E-state index is 12.4. The molecule has 0 fully saturated rings. The number of ether oxygens (including phenoxy) is 1. The van der Waals surface area contributed by atoms with Gasteiger partial charge in [0.25, 0.3) is 0 Å². The van der Waals surface area contributed by atoms with Crippen LogP contribution in [0.25, 0.3) is 0 Å². The van der Waals surface area contributed by atoms with E-state index < -0.39 is 12.0 Å². The molecule has 7 heteroatoms. The Labute approximate surface area is 121 Å². The maximum atomic E-state index is 12.4. The first kappa shape index (κ1) is 16.9. The van der Waals surface area contributed by atoms with Crippen LogP contribution in [-0.2, 0) is 6.18 Å². The molecule has 0 bridgehead atoms. The zero-order valence-electron chi connectivity index (χ0n) is 12.0. The zero-order valence-corrected chi connectivity index (χ0v) is 12.0. The molecule has 1 heterocycles. The molecular formula is C14H16F3N3O. The second-order valence-corrected chi connectivity index (χ2v) is 4.02. The second-order valence-electron chi connectivity index (χ2n) is 4.02. The van der Waals surface area contributed by atoms with Crippen molar-refractivity contribution in [3.8, 4) is 5.75 Å². The number of alkyl halides is 3. The minimum Gasteiger partial charge on any atom is -0.453 e. The van der Waals surface area contributed by atoms with Crippen molar-refractivity contribution in [2.75, 3.05) is 0 Å². The number of aromatic nitrogens is 2. The maximum Gasteiger partial charge on any atom is 0.451 e. The SMILES string of the molecule is C\C=C/N=C(C)/C(=C/CC)Oc1cnc(C(F)(F)F)nc1. The smallest absolute Gasteiger partial charge is 0.451 e. The highest BCUT2D eigenvalue weighted by Crippen LogP contribution is 2.26. The summed E-state index contributed by atoms with van der Waals surface area (Å²) in [7, 11) is 0. The predicted octanol–water partition coefficient (Wildman–Crippen LogP) is 4.16. The van der Waals surface area contributed by atoms with Gasteiger partial charge < -0.3 is 4.74 Å². The van der Waals surface area contributed by atoms with E-state index in [-0.39, 0.29) is 5.75 Å². The zero-order chi connectivity index (χ0) is 15.9. The Hall–Kier alpha value is -2.18. The highest BCUT2D eigenvalue weighted by Gasteiger charge is 2.34. The van der Waals surface area contributed by atoms with Crippen molar-refractivity contribution in [3.05, 3.63) is 42.3 Å². The fraction of sp³-hybridized carbons (Fsp3) is 0.357. The van der Waals surface area contributed by atoms with Gasteiger partial charge in [-0.3, -0.25) is 4.99 Å². The van der Waals surface area contributed by atoms with Crippen molar-refractivity contribution in [3.63, 3.8) is 0 Å². The molecule has 0 aliphatic heterocycles. The molecule has 1 aromatic rings. The molecule has 0 radical (unpaired) electrons. The van der Waals surface area contributed by atoms with Crippen LogP contribution in [0.3, 0.4) is 0 Å². The van der Waals surface area contributed by atoms with E-state index in [1.54, 1.807) is 25.3 Å². The molecule has 0 spiro atoms. The molecule has 114 valence electrons. The largest absolute Gasteiger partial charge is 0.453 e. The van der Waals surface area contributed by atoms with Gasteiger partial charge in [0.15, 0.2) is 5.75 Å². The molecule has 1 rings (SSSR count). The minimum absolute atomic E-state index is 0.123. The average Bonchev–Trinajstić information content (AvgIpc) is 2.44. The molecule has 0 atom stereocenters. The number of nitrogens with zero attached hydrogens (tertiary/aromatic N) is 3. The highest BCUT2D eigenvalue weighted by molar-refractivity contribution is 5.97. The first-order valence-electron chi connectivity index (χ1n) is 6.31. The molecule has 4 nitrogen and oxygen atoms in total. The first-order chi connectivity index (χ1) is 9.88. The van der Waals surface area contributed by atoms with Gasteiger partial charge in [-0.2, -0.15) is 13.2 Å². The van der Waals surface area contributed by atoms with Crippen LogP contribution in [0.5, 0.6) is 5.75 Å². The molecule has 21 heavy (non-hydrogen) atoms. The van der Waals surface area contributed by atoms with Crippen LogP contribution in [0, 0.1) is 0 Å². The number of aliphatic imine (C=N–C) groups is 1. The number of allylic oxidation sites excluding steroid dienone is 3. The lowest BCUT2D eigenvalue weighted by Crippen LogP contribution is -2.11. The van der Waals surface area contributed by atoms with Crippen LogP contribution in [0.15, 0.2) is 41.5 Å². The Morgan fingerprint density at radius 1 is 1.33 bits per heavy atom. The van der Waals surface area contributed by atoms with Gasteiger partial charge in [-0.05, 0) is 26.3 Å². The van der Waals surface area contributed by atoms with Gasteiger partial charge in [0.05, 0.1) is 18.1 Å². The summed E-state index contributed by atoms with van der Waals surface area (Å²) in [4.78, 5) is 10.6. The lowest BCUT2D eigenvalue weighted by molar-refractivity contribution is -0.145. The van der Waals surface area contributed by atoms with Crippen LogP contribution in [-0.4, -0.2) is 15.7 Å². The molecule has 0 saturated heterocycles. The van der Waals surface area contributed by atoms with Crippen LogP contribution in [0.1, 0.15) is 33.0 Å². The number of rotatable bonds is 5. The predicted molar refractivity (Wildman–Crippen MR) is 74.0 cm³/mol. The second kappa shape index (κ2) is 7.56. The van der Waals surface area contributed by atoms with Crippen LogP contribution < -0.4 is 4.74 Å². The molecule has 0 saturated carbocycles. The third-order valence-corrected chi connectivity index (χ3v) is 2.27. The Kier molecular flexibility index (Phi) is 6.08. The standard InChI is InChI=1S/C14H16F3N3O/c1-4-6-12(10(3)18-7-5-2)21-11-8-19-13(20-9-11)14(15,16)17/h5-9H,4H2,1-3H3/b7-5-,12-6-,18-10+. The lowest BCUT2D eigenvalue weighted by Gasteiger charge is -2.10. The van der Waals surface area contributed by atoms with Crippen molar-refractivity contribution in [1.29, 1.82) is 0 Å². The van der Waals surface area contributed by atoms with E-state index in [1.807, 2.05) is 13.8 Å². The van der Waals surface area contributed by atoms with Gasteiger partial charge in [-0.25, -0.2) is 9.97 Å². The van der Waals surface area contributed by atoms with Crippen molar-refractivity contribution < 1.29 is 17.9 Å². The summed E-state index contributed by atoms with van der Waals surface area (Å²) >= 11 is 0. The van der Waals surface area contributed by atoms with E-state index in [0.29, 0.717) is 17.9 Å². The third kappa shape index (κ3) is 5.37. The molecule has 1 aromatic heterocycles. The van der Waals surface area contributed by atoms with Crippen LogP contribution in [0.2, 0.25) is 0 Å². The van der Waals surface area contributed by atoms with E-state index in [9.17, 15) is 13.2 Å². The number of hydrogen-bond acceptors (Lipinski definition) is 4. The third-order valence-electron chi connectivity index (χ3n) is 2.27. The summed E-state index contributed by atoms with van der Waals surface area (Å²) < 4.78 is 42.6. The molecule has 0 aliphatic carbocycles. The summed E-state index contributed by atoms with van der Waals surface area (Å²) in [6, 6.07) is 0. The Balaban J connectivity index is 2.93. The Morgan fingerprint density at radius 2 is 1.95 bits per heavy atom. The van der Waals surface area contributed by atoms with E-state index in [2.05, 4.69) is 15.0 Å². The van der Waals surface area contributed by atoms with E-state index >= 15 is 0 Å². The quantitative estimate of drug-likeness (QED) is 0.606. The van der Waals surface area contributed by atoms with Gasteiger partial charge in [-0.1, -0.05) is 13.0 Å². The molecule has 0 amide bonds. The normalized spacial score (nSPS) is 13.8. The molecule has 0 N–H and O–H groups in total. The van der Waals surface area contributed by atoms with Crippen molar-refractivity contribution in [1.82, 2.24) is 9.97 Å². The fourth-order valence-corrected chi connectivity index (χ4v) is 1.34. The van der Waals surface area contributed by atoms with Gasteiger partial charge in [0.2, 0.25) is 5.82 Å². The van der Waals surface area contributed by atoms with Gasteiger partial charge in [-0.15, -0.1) is 0 Å². The van der Waals surface area contributed by atoms with Gasteiger partial charge in [0, 0.05) is 6.20 Å². The van der Waals surface area contributed by atoms with Gasteiger partial charge >= 0.3 is 6.18 Å². The molecular weight excluding hydrogens is 283 g/mol. The van der Waals surface area contributed by atoms with E-state index in [0.717, 1.165) is 12.4 Å². The Morgan fingerprint density at radius 3 is 2.43 bits per heavy atom. The monoisotopic (exact) mass is 299 g/mol. The fourth-order valence-electron chi connectivity index (χ4n) is 1.34. The van der Waals surface area contributed by atoms with Crippen molar-refractivity contribution >= 4 is 5.71 Å². The highest BCUT2D eigenvalue weighted by atomic mass is 19.4. The van der Waals surface area contributed by atoms with E-state index in [1.165, 1.54) is 0 Å². The summed E-state index contributed by atoms with van der Waals surface area (Å²) in [5.41, 5.74) is 0.606. The minimum atomic E-state index is -4.57. The van der Waals surface area contributed by atoms with Crippen LogP contribution in [0.4, 0.5) is 13.2 Å². The molecule has 0 unspecified atom stereocenters. The van der Waals surface area contributed by atoms with Crippen molar-refractivity contribution in [2.24, 2.45) is 4.99 Å². The molecule has 0 aromatic carbocycles. The summed E-state index contributed by atoms with van der Waals surface area (Å²) in [6.07, 6.45) is 3.24. The van der Waals surface area contributed by atoms with Crippen molar-refractivity contribution in [2.45, 2.75) is 33.4 Å². The topological polar surface area (TPSA) is 47.4 Å². The average molecular weight is 299 g/mol. The lowest BCUT2D eigenvalue weighted by atomic mass is 10.3. The summed E-state index contributed by atoms with van der Waals surface area (Å²) in [5, 5.41) is 0. The summed E-state index contributed by atoms with van der Waals surface area (Å²) in [5.74, 6) is -0.619. The molecule has 0 aliphatic rings. The van der Waals surface area contributed by atoms with E-state index in [4.69, 9.17) is 4.74 Å². The number of hydrogen-bond donors (Lipinski definition) is 0. The first-order valence-corrected chi connectivity index (χ1v) is 6.31. The Bertz CT molecular complexity index is 546. The summed E-state index contributed by atoms with van der Waals surface area (Å²) in [6.45, 7) is 5.48. The van der Waals surface area contributed by atoms with Crippen LogP contribution >= 0.6 is 0 Å². The number of halogens is 3. The van der Waals surface area contributed by atoms with Gasteiger partial charge in [0.1, 0.15) is 5.76 Å².